The fraction of sp³-hybridized carbons (Fsp3) is 0.381. The lowest BCUT2D eigenvalue weighted by atomic mass is 10.0. The van der Waals surface area contributed by atoms with Gasteiger partial charge in [0.1, 0.15) is 5.75 Å². The van der Waals surface area contributed by atoms with Crippen molar-refractivity contribution >= 4 is 11.0 Å². The highest BCUT2D eigenvalue weighted by Gasteiger charge is 2.31. The summed E-state index contributed by atoms with van der Waals surface area (Å²) < 4.78 is 57.2. The smallest absolute Gasteiger partial charge is 0.475 e. The van der Waals surface area contributed by atoms with Crippen molar-refractivity contribution in [3.8, 4) is 22.8 Å². The van der Waals surface area contributed by atoms with E-state index in [0.29, 0.717) is 42.0 Å². The fourth-order valence-corrected chi connectivity index (χ4v) is 2.87. The molecule has 1 atom stereocenters. The van der Waals surface area contributed by atoms with E-state index in [9.17, 15) is 18.3 Å². The first-order valence-corrected chi connectivity index (χ1v) is 9.46. The van der Waals surface area contributed by atoms with Crippen molar-refractivity contribution in [2.24, 2.45) is 5.92 Å². The number of aromatic nitrogens is 1. The average Bonchev–Trinajstić information content (AvgIpc) is 3.12. The van der Waals surface area contributed by atoms with Gasteiger partial charge in [0.2, 0.25) is 0 Å². The zero-order valence-corrected chi connectivity index (χ0v) is 16.3. The standard InChI is InChI=1S/C21H22F3NO5/c1-2-27-10-9-14(12-26)13-28-20-18-11-16(5-8-19(18)30-25-20)15-3-6-17(7-4-15)29-21(22,23)24/h3-8,11,14,26H,2,9-10,12-13H2,1H3. The van der Waals surface area contributed by atoms with Gasteiger partial charge >= 0.3 is 6.36 Å². The molecule has 0 aliphatic carbocycles. The average molecular weight is 425 g/mol. The highest BCUT2D eigenvalue weighted by Crippen LogP contribution is 2.32. The minimum Gasteiger partial charge on any atom is -0.475 e. The SMILES string of the molecule is CCOCCC(CO)COc1noc2ccc(-c3ccc(OC(F)(F)F)cc3)cc12. The number of benzene rings is 2. The minimum absolute atomic E-state index is 0.0412. The Morgan fingerprint density at radius 3 is 2.50 bits per heavy atom. The summed E-state index contributed by atoms with van der Waals surface area (Å²) in [5.74, 6) is -0.102. The molecule has 0 saturated carbocycles. The number of hydrogen-bond donors (Lipinski definition) is 1. The monoisotopic (exact) mass is 425 g/mol. The Morgan fingerprint density at radius 1 is 1.10 bits per heavy atom. The number of nitrogens with zero attached hydrogens (tertiary/aromatic N) is 1. The summed E-state index contributed by atoms with van der Waals surface area (Å²) in [4.78, 5) is 0. The molecule has 162 valence electrons. The van der Waals surface area contributed by atoms with Crippen LogP contribution in [-0.4, -0.2) is 43.1 Å². The molecule has 0 amide bonds. The Balaban J connectivity index is 1.73. The number of rotatable bonds is 10. The maximum atomic E-state index is 12.3. The Hall–Kier alpha value is -2.78. The van der Waals surface area contributed by atoms with E-state index in [1.165, 1.54) is 24.3 Å². The largest absolute Gasteiger partial charge is 0.573 e. The number of halogens is 3. The van der Waals surface area contributed by atoms with Crippen LogP contribution in [0.5, 0.6) is 11.6 Å². The van der Waals surface area contributed by atoms with Crippen LogP contribution in [0, 0.1) is 5.92 Å². The Bertz CT molecular complexity index is 940. The molecule has 2 aromatic carbocycles. The van der Waals surface area contributed by atoms with Crippen LogP contribution in [0.1, 0.15) is 13.3 Å². The number of ether oxygens (including phenoxy) is 3. The van der Waals surface area contributed by atoms with Crippen LogP contribution in [0.3, 0.4) is 0 Å². The molecule has 0 aliphatic heterocycles. The molecule has 0 spiro atoms. The molecule has 9 heteroatoms. The summed E-state index contributed by atoms with van der Waals surface area (Å²) in [7, 11) is 0. The lowest BCUT2D eigenvalue weighted by molar-refractivity contribution is -0.274. The van der Waals surface area contributed by atoms with Crippen LogP contribution < -0.4 is 9.47 Å². The normalized spacial score (nSPS) is 12.8. The summed E-state index contributed by atoms with van der Waals surface area (Å²) in [5, 5.41) is 14.1. The number of fused-ring (bicyclic) bond motifs is 1. The van der Waals surface area contributed by atoms with Crippen LogP contribution in [0.4, 0.5) is 13.2 Å². The van der Waals surface area contributed by atoms with E-state index in [-0.39, 0.29) is 24.9 Å². The molecular weight excluding hydrogens is 403 g/mol. The first-order valence-electron chi connectivity index (χ1n) is 9.46. The Kier molecular flexibility index (Phi) is 7.17. The third kappa shape index (κ3) is 5.87. The number of alkyl halides is 3. The molecule has 1 aromatic heterocycles. The molecule has 1 heterocycles. The van der Waals surface area contributed by atoms with E-state index in [0.717, 1.165) is 5.56 Å². The van der Waals surface area contributed by atoms with E-state index >= 15 is 0 Å². The summed E-state index contributed by atoms with van der Waals surface area (Å²) in [6, 6.07) is 10.8. The minimum atomic E-state index is -4.73. The van der Waals surface area contributed by atoms with Gasteiger partial charge in [-0.05, 0) is 53.9 Å². The quantitative estimate of drug-likeness (QED) is 0.470. The number of aliphatic hydroxyl groups is 1. The van der Waals surface area contributed by atoms with Crippen molar-refractivity contribution in [1.29, 1.82) is 0 Å². The van der Waals surface area contributed by atoms with Crippen LogP contribution >= 0.6 is 0 Å². The second-order valence-corrected chi connectivity index (χ2v) is 6.62. The van der Waals surface area contributed by atoms with Crippen molar-refractivity contribution in [3.63, 3.8) is 0 Å². The van der Waals surface area contributed by atoms with Crippen molar-refractivity contribution in [3.05, 3.63) is 42.5 Å². The summed E-state index contributed by atoms with van der Waals surface area (Å²) >= 11 is 0. The van der Waals surface area contributed by atoms with Gasteiger partial charge in [-0.15, -0.1) is 13.2 Å². The topological polar surface area (TPSA) is 74.0 Å². The molecular formula is C21H22F3NO5. The first kappa shape index (κ1) is 21.9. The maximum absolute atomic E-state index is 12.3. The second-order valence-electron chi connectivity index (χ2n) is 6.62. The number of aliphatic hydroxyl groups excluding tert-OH is 1. The van der Waals surface area contributed by atoms with Crippen LogP contribution in [0.15, 0.2) is 47.0 Å². The Labute approximate surface area is 171 Å². The second kappa shape index (κ2) is 9.82. The fourth-order valence-electron chi connectivity index (χ4n) is 2.87. The molecule has 1 unspecified atom stereocenters. The molecule has 0 radical (unpaired) electrons. The molecule has 30 heavy (non-hydrogen) atoms. The highest BCUT2D eigenvalue weighted by atomic mass is 19.4. The first-order chi connectivity index (χ1) is 14.4. The van der Waals surface area contributed by atoms with Crippen LogP contribution in [-0.2, 0) is 4.74 Å². The van der Waals surface area contributed by atoms with Crippen molar-refractivity contribution in [2.45, 2.75) is 19.7 Å². The van der Waals surface area contributed by atoms with E-state index < -0.39 is 6.36 Å². The van der Waals surface area contributed by atoms with Crippen LogP contribution in [0.25, 0.3) is 22.1 Å². The Morgan fingerprint density at radius 2 is 1.83 bits per heavy atom. The van der Waals surface area contributed by atoms with Crippen molar-refractivity contribution in [2.75, 3.05) is 26.4 Å². The molecule has 6 nitrogen and oxygen atoms in total. The van der Waals surface area contributed by atoms with Gasteiger partial charge in [0.05, 0.1) is 12.0 Å². The summed E-state index contributed by atoms with van der Waals surface area (Å²) in [6.45, 7) is 3.25. The van der Waals surface area contributed by atoms with Crippen molar-refractivity contribution in [1.82, 2.24) is 5.16 Å². The van der Waals surface area contributed by atoms with Gasteiger partial charge in [-0.1, -0.05) is 18.2 Å². The van der Waals surface area contributed by atoms with Gasteiger partial charge in [-0.3, -0.25) is 0 Å². The third-order valence-electron chi connectivity index (χ3n) is 4.45. The van der Waals surface area contributed by atoms with Crippen molar-refractivity contribution < 1.29 is 37.0 Å². The van der Waals surface area contributed by atoms with Gasteiger partial charge in [-0.25, -0.2) is 0 Å². The molecule has 0 aliphatic rings. The van der Waals surface area contributed by atoms with E-state index in [1.54, 1.807) is 18.2 Å². The summed E-state index contributed by atoms with van der Waals surface area (Å²) in [6.07, 6.45) is -4.08. The maximum Gasteiger partial charge on any atom is 0.573 e. The van der Waals surface area contributed by atoms with Gasteiger partial charge in [0, 0.05) is 25.7 Å². The zero-order chi connectivity index (χ0) is 21.6. The van der Waals surface area contributed by atoms with Gasteiger partial charge < -0.3 is 23.8 Å². The van der Waals surface area contributed by atoms with Gasteiger partial charge in [0.15, 0.2) is 5.58 Å². The lowest BCUT2D eigenvalue weighted by Gasteiger charge is -2.13. The van der Waals surface area contributed by atoms with Crippen LogP contribution in [0.2, 0.25) is 0 Å². The summed E-state index contributed by atoms with van der Waals surface area (Å²) in [5.41, 5.74) is 1.97. The lowest BCUT2D eigenvalue weighted by Crippen LogP contribution is -2.18. The molecule has 1 N–H and O–H groups in total. The van der Waals surface area contributed by atoms with Gasteiger partial charge in [0.25, 0.3) is 5.88 Å². The van der Waals surface area contributed by atoms with E-state index in [2.05, 4.69) is 9.89 Å². The van der Waals surface area contributed by atoms with E-state index in [1.807, 2.05) is 6.92 Å². The predicted molar refractivity (Wildman–Crippen MR) is 103 cm³/mol. The highest BCUT2D eigenvalue weighted by molar-refractivity contribution is 5.87. The third-order valence-corrected chi connectivity index (χ3v) is 4.45. The molecule has 0 bridgehead atoms. The van der Waals surface area contributed by atoms with Gasteiger partial charge in [-0.2, -0.15) is 0 Å². The van der Waals surface area contributed by atoms with E-state index in [4.69, 9.17) is 14.0 Å². The molecule has 0 fully saturated rings. The zero-order valence-electron chi connectivity index (χ0n) is 16.3. The predicted octanol–water partition coefficient (Wildman–Crippen LogP) is 4.81. The number of hydrogen-bond acceptors (Lipinski definition) is 6. The molecule has 3 rings (SSSR count). The molecule has 3 aromatic rings. The molecule has 0 saturated heterocycles.